The van der Waals surface area contributed by atoms with Crippen LogP contribution in [0.15, 0.2) is 36.7 Å². The molecule has 3 aromatic rings. The zero-order valence-corrected chi connectivity index (χ0v) is 12.3. The average molecular weight is 284 g/mol. The third kappa shape index (κ3) is 2.43. The largest absolute Gasteiger partial charge is 0.337 e. The molecule has 0 aliphatic heterocycles. The predicted octanol–water partition coefficient (Wildman–Crippen LogP) is 1.54. The van der Waals surface area contributed by atoms with Crippen LogP contribution in [0.5, 0.6) is 0 Å². The van der Waals surface area contributed by atoms with Crippen LogP contribution in [-0.2, 0) is 20.0 Å². The number of fused-ring (bicyclic) bond motifs is 1. The van der Waals surface area contributed by atoms with Gasteiger partial charge in [0, 0.05) is 32.4 Å². The molecule has 0 saturated carbocycles. The second-order valence-corrected chi connectivity index (χ2v) is 5.08. The number of hydrogen-bond acceptors (Lipinski definition) is 4. The van der Waals surface area contributed by atoms with Crippen molar-refractivity contribution in [3.8, 4) is 0 Å². The number of rotatable bonds is 5. The Hall–Kier alpha value is -2.18. The van der Waals surface area contributed by atoms with Gasteiger partial charge in [0.2, 0.25) is 0 Å². The number of hydrogen-bond donors (Lipinski definition) is 2. The van der Waals surface area contributed by atoms with Crippen molar-refractivity contribution in [3.63, 3.8) is 0 Å². The summed E-state index contributed by atoms with van der Waals surface area (Å²) in [5, 5.41) is 0. The molecule has 2 aromatic heterocycles. The molecule has 1 atom stereocenters. The van der Waals surface area contributed by atoms with Gasteiger partial charge in [-0.05, 0) is 19.1 Å². The van der Waals surface area contributed by atoms with Crippen LogP contribution in [0.4, 0.5) is 0 Å². The van der Waals surface area contributed by atoms with Gasteiger partial charge in [-0.1, -0.05) is 12.1 Å². The molecule has 3 N–H and O–H groups in total. The summed E-state index contributed by atoms with van der Waals surface area (Å²) >= 11 is 0. The molecule has 2 heterocycles. The minimum atomic E-state index is -0.0629. The van der Waals surface area contributed by atoms with Crippen LogP contribution in [0.3, 0.4) is 0 Å². The van der Waals surface area contributed by atoms with E-state index in [1.54, 1.807) is 6.20 Å². The Morgan fingerprint density at radius 1 is 1.33 bits per heavy atom. The lowest BCUT2D eigenvalue weighted by Crippen LogP contribution is -2.32. The lowest BCUT2D eigenvalue weighted by Gasteiger charge is -2.16. The van der Waals surface area contributed by atoms with Gasteiger partial charge in [0.05, 0.1) is 17.1 Å². The van der Waals surface area contributed by atoms with E-state index in [-0.39, 0.29) is 6.04 Å². The Morgan fingerprint density at radius 3 is 2.81 bits per heavy atom. The molecule has 0 fully saturated rings. The van der Waals surface area contributed by atoms with Gasteiger partial charge in [0.15, 0.2) is 0 Å². The number of aromatic nitrogens is 4. The van der Waals surface area contributed by atoms with E-state index in [0.717, 1.165) is 29.2 Å². The Labute approximate surface area is 123 Å². The van der Waals surface area contributed by atoms with E-state index in [1.165, 1.54) is 0 Å². The summed E-state index contributed by atoms with van der Waals surface area (Å²) in [6, 6.07) is 8.12. The van der Waals surface area contributed by atoms with E-state index >= 15 is 0 Å². The number of hydrazine groups is 1. The van der Waals surface area contributed by atoms with E-state index in [4.69, 9.17) is 10.8 Å². The third-order valence-electron chi connectivity index (χ3n) is 3.81. The summed E-state index contributed by atoms with van der Waals surface area (Å²) in [6.07, 6.45) is 4.40. The third-order valence-corrected chi connectivity index (χ3v) is 3.81. The molecular formula is C15H20N6. The molecule has 0 aliphatic rings. The van der Waals surface area contributed by atoms with E-state index in [1.807, 2.05) is 36.0 Å². The van der Waals surface area contributed by atoms with E-state index < -0.39 is 0 Å². The Kier molecular flexibility index (Phi) is 3.72. The molecule has 3 rings (SSSR count). The minimum Gasteiger partial charge on any atom is -0.337 e. The normalized spacial score (nSPS) is 12.9. The highest BCUT2D eigenvalue weighted by Gasteiger charge is 2.19. The quantitative estimate of drug-likeness (QED) is 0.550. The topological polar surface area (TPSA) is 73.7 Å². The second kappa shape index (κ2) is 5.67. The highest BCUT2D eigenvalue weighted by atomic mass is 15.3. The van der Waals surface area contributed by atoms with Gasteiger partial charge in [0.25, 0.3) is 0 Å². The molecule has 0 amide bonds. The van der Waals surface area contributed by atoms with Crippen molar-refractivity contribution < 1.29 is 0 Å². The van der Waals surface area contributed by atoms with E-state index in [9.17, 15) is 0 Å². The van der Waals surface area contributed by atoms with Crippen molar-refractivity contribution in [2.45, 2.75) is 25.9 Å². The van der Waals surface area contributed by atoms with Gasteiger partial charge in [-0.15, -0.1) is 0 Å². The van der Waals surface area contributed by atoms with Gasteiger partial charge >= 0.3 is 0 Å². The molecule has 1 aromatic carbocycles. The maximum atomic E-state index is 5.73. The number of nitrogens with one attached hydrogen (secondary N) is 1. The molecule has 6 nitrogen and oxygen atoms in total. The maximum absolute atomic E-state index is 5.73. The highest BCUT2D eigenvalue weighted by molar-refractivity contribution is 5.75. The summed E-state index contributed by atoms with van der Waals surface area (Å²) in [5.74, 6) is 7.65. The fourth-order valence-electron chi connectivity index (χ4n) is 2.75. The predicted molar refractivity (Wildman–Crippen MR) is 82.4 cm³/mol. The summed E-state index contributed by atoms with van der Waals surface area (Å²) in [7, 11) is 1.97. The zero-order valence-electron chi connectivity index (χ0n) is 12.3. The van der Waals surface area contributed by atoms with Crippen LogP contribution in [0.2, 0.25) is 0 Å². The smallest absolute Gasteiger partial charge is 0.127 e. The molecule has 0 spiro atoms. The first-order chi connectivity index (χ1) is 10.2. The molecule has 110 valence electrons. The van der Waals surface area contributed by atoms with Gasteiger partial charge in [-0.2, -0.15) is 0 Å². The fourth-order valence-corrected chi connectivity index (χ4v) is 2.75. The maximum Gasteiger partial charge on any atom is 0.127 e. The molecule has 0 aliphatic carbocycles. The van der Waals surface area contributed by atoms with Crippen molar-refractivity contribution in [3.05, 3.63) is 48.3 Å². The van der Waals surface area contributed by atoms with Crippen LogP contribution in [0.1, 0.15) is 24.6 Å². The number of para-hydroxylation sites is 2. The molecular weight excluding hydrogens is 264 g/mol. The van der Waals surface area contributed by atoms with Crippen molar-refractivity contribution >= 4 is 11.0 Å². The SMILES string of the molecule is CCn1c(CC(NN)c2nccn2C)nc2ccccc21. The highest BCUT2D eigenvalue weighted by Crippen LogP contribution is 2.20. The fraction of sp³-hybridized carbons (Fsp3) is 0.333. The Balaban J connectivity index is 1.98. The number of imidazole rings is 2. The van der Waals surface area contributed by atoms with Gasteiger partial charge in [-0.25, -0.2) is 15.4 Å². The summed E-state index contributed by atoms with van der Waals surface area (Å²) in [4.78, 5) is 9.12. The molecule has 0 radical (unpaired) electrons. The van der Waals surface area contributed by atoms with E-state index in [2.05, 4.69) is 28.0 Å². The zero-order chi connectivity index (χ0) is 14.8. The molecule has 6 heteroatoms. The standard InChI is InChI=1S/C15H20N6/c1-3-21-13-7-5-4-6-11(13)18-14(21)10-12(19-16)15-17-8-9-20(15)2/h4-9,12,19H,3,10,16H2,1-2H3. The van der Waals surface area contributed by atoms with Crippen LogP contribution < -0.4 is 11.3 Å². The Morgan fingerprint density at radius 2 is 2.14 bits per heavy atom. The van der Waals surface area contributed by atoms with Gasteiger partial charge in [-0.3, -0.25) is 5.84 Å². The van der Waals surface area contributed by atoms with Crippen LogP contribution in [-0.4, -0.2) is 19.1 Å². The van der Waals surface area contributed by atoms with Crippen molar-refractivity contribution in [2.75, 3.05) is 0 Å². The van der Waals surface area contributed by atoms with Gasteiger partial charge < -0.3 is 9.13 Å². The first kappa shape index (κ1) is 13.8. The number of aryl methyl sites for hydroxylation is 2. The Bertz CT molecular complexity index is 742. The summed E-state index contributed by atoms with van der Waals surface area (Å²) in [6.45, 7) is 3.01. The van der Waals surface area contributed by atoms with Crippen molar-refractivity contribution in [1.29, 1.82) is 0 Å². The monoisotopic (exact) mass is 284 g/mol. The molecule has 0 saturated heterocycles. The van der Waals surface area contributed by atoms with Crippen molar-refractivity contribution in [1.82, 2.24) is 24.5 Å². The second-order valence-electron chi connectivity index (χ2n) is 5.08. The lowest BCUT2D eigenvalue weighted by atomic mass is 10.2. The molecule has 1 unspecified atom stereocenters. The van der Waals surface area contributed by atoms with Crippen molar-refractivity contribution in [2.24, 2.45) is 12.9 Å². The average Bonchev–Trinajstić information content (AvgIpc) is 3.07. The first-order valence-electron chi connectivity index (χ1n) is 7.12. The lowest BCUT2D eigenvalue weighted by molar-refractivity contribution is 0.488. The number of nitrogens with zero attached hydrogens (tertiary/aromatic N) is 4. The van der Waals surface area contributed by atoms with Crippen LogP contribution >= 0.6 is 0 Å². The van der Waals surface area contributed by atoms with Crippen LogP contribution in [0, 0.1) is 0 Å². The molecule has 21 heavy (non-hydrogen) atoms. The summed E-state index contributed by atoms with van der Waals surface area (Å²) < 4.78 is 4.20. The number of nitrogens with two attached hydrogens (primary N) is 1. The first-order valence-corrected chi connectivity index (χ1v) is 7.12. The van der Waals surface area contributed by atoms with Crippen LogP contribution in [0.25, 0.3) is 11.0 Å². The van der Waals surface area contributed by atoms with Gasteiger partial charge in [0.1, 0.15) is 11.6 Å². The molecule has 0 bridgehead atoms. The number of benzene rings is 1. The summed E-state index contributed by atoms with van der Waals surface area (Å²) in [5.41, 5.74) is 5.03. The van der Waals surface area contributed by atoms with E-state index in [0.29, 0.717) is 6.42 Å². The minimum absolute atomic E-state index is 0.0629.